The minimum Gasteiger partial charge on any atom is -0.0651 e. The molecule has 0 aromatic heterocycles. The summed E-state index contributed by atoms with van der Waals surface area (Å²) in [6.07, 6.45) is 7.04. The van der Waals surface area contributed by atoms with Crippen LogP contribution in [0.2, 0.25) is 0 Å². The van der Waals surface area contributed by atoms with Crippen LogP contribution in [0.15, 0.2) is 42.0 Å². The highest BCUT2D eigenvalue weighted by molar-refractivity contribution is 5.84. The number of rotatable bonds is 5. The molecule has 0 heteroatoms. The van der Waals surface area contributed by atoms with Gasteiger partial charge in [-0.05, 0) is 58.6 Å². The Kier molecular flexibility index (Phi) is 4.71. The maximum Gasteiger partial charge on any atom is -0.00550 e. The summed E-state index contributed by atoms with van der Waals surface area (Å²) in [5, 5.41) is 0. The molecule has 0 bridgehead atoms. The Morgan fingerprint density at radius 2 is 1.74 bits per heavy atom. The highest BCUT2D eigenvalue weighted by atomic mass is 14.3. The van der Waals surface area contributed by atoms with Crippen molar-refractivity contribution in [3.63, 3.8) is 0 Å². The van der Waals surface area contributed by atoms with E-state index in [-0.39, 0.29) is 0 Å². The lowest BCUT2D eigenvalue weighted by atomic mass is 9.87. The summed E-state index contributed by atoms with van der Waals surface area (Å²) in [4.78, 5) is 0. The Labute approximate surface area is 141 Å². The van der Waals surface area contributed by atoms with Crippen LogP contribution in [-0.4, -0.2) is 0 Å². The summed E-state index contributed by atoms with van der Waals surface area (Å²) in [5.41, 5.74) is 10.5. The molecule has 0 aliphatic heterocycles. The van der Waals surface area contributed by atoms with E-state index in [1.165, 1.54) is 39.8 Å². The van der Waals surface area contributed by atoms with Gasteiger partial charge in [-0.15, -0.1) is 0 Å². The molecular weight excluding hydrogens is 276 g/mol. The maximum atomic E-state index is 2.47. The third-order valence-corrected chi connectivity index (χ3v) is 5.07. The van der Waals surface area contributed by atoms with Gasteiger partial charge in [0.25, 0.3) is 0 Å². The molecule has 0 radical (unpaired) electrons. The standard InChI is InChI=1S/C23H28/c1-5-9-18-12-13-19-14-20(16(3)4)15-22(19)23(18)21-11-8-7-10-17(21)6-2/h7-8,10-13,15-16H,5-6,9,14H2,1-4H3. The van der Waals surface area contributed by atoms with Gasteiger partial charge in [-0.1, -0.05) is 82.2 Å². The fourth-order valence-corrected chi connectivity index (χ4v) is 3.72. The Hall–Kier alpha value is -1.82. The Morgan fingerprint density at radius 1 is 0.957 bits per heavy atom. The van der Waals surface area contributed by atoms with Crippen LogP contribution in [0.3, 0.4) is 0 Å². The van der Waals surface area contributed by atoms with E-state index in [0.29, 0.717) is 5.92 Å². The zero-order valence-electron chi connectivity index (χ0n) is 14.9. The van der Waals surface area contributed by atoms with Crippen LogP contribution in [0.5, 0.6) is 0 Å². The van der Waals surface area contributed by atoms with Crippen molar-refractivity contribution in [3.8, 4) is 11.1 Å². The average Bonchev–Trinajstić information content (AvgIpc) is 2.99. The van der Waals surface area contributed by atoms with E-state index in [2.05, 4.69) is 70.2 Å². The van der Waals surface area contributed by atoms with E-state index < -0.39 is 0 Å². The predicted molar refractivity (Wildman–Crippen MR) is 102 cm³/mol. The first kappa shape index (κ1) is 16.1. The zero-order valence-corrected chi connectivity index (χ0v) is 14.9. The van der Waals surface area contributed by atoms with Crippen molar-refractivity contribution in [2.24, 2.45) is 5.92 Å². The van der Waals surface area contributed by atoms with Crippen LogP contribution in [0.1, 0.15) is 56.4 Å². The van der Waals surface area contributed by atoms with Gasteiger partial charge in [0.1, 0.15) is 0 Å². The van der Waals surface area contributed by atoms with Crippen LogP contribution < -0.4 is 0 Å². The van der Waals surface area contributed by atoms with Gasteiger partial charge < -0.3 is 0 Å². The number of benzene rings is 2. The molecule has 0 unspecified atom stereocenters. The van der Waals surface area contributed by atoms with Gasteiger partial charge in [0.15, 0.2) is 0 Å². The van der Waals surface area contributed by atoms with Crippen molar-refractivity contribution >= 4 is 6.08 Å². The summed E-state index contributed by atoms with van der Waals surface area (Å²) < 4.78 is 0. The van der Waals surface area contributed by atoms with Crippen LogP contribution in [-0.2, 0) is 19.3 Å². The van der Waals surface area contributed by atoms with Crippen molar-refractivity contribution in [2.75, 3.05) is 0 Å². The maximum absolute atomic E-state index is 2.47. The fraction of sp³-hybridized carbons (Fsp3) is 0.391. The van der Waals surface area contributed by atoms with Crippen LogP contribution in [0.25, 0.3) is 17.2 Å². The highest BCUT2D eigenvalue weighted by Crippen LogP contribution is 2.40. The number of hydrogen-bond donors (Lipinski definition) is 0. The summed E-state index contributed by atoms with van der Waals surface area (Å²) in [6, 6.07) is 13.7. The number of fused-ring (bicyclic) bond motifs is 1. The van der Waals surface area contributed by atoms with Gasteiger partial charge in [-0.2, -0.15) is 0 Å². The van der Waals surface area contributed by atoms with Crippen molar-refractivity contribution < 1.29 is 0 Å². The van der Waals surface area contributed by atoms with Gasteiger partial charge in [-0.25, -0.2) is 0 Å². The fourth-order valence-electron chi connectivity index (χ4n) is 3.72. The van der Waals surface area contributed by atoms with Crippen molar-refractivity contribution in [3.05, 3.63) is 64.2 Å². The third-order valence-electron chi connectivity index (χ3n) is 5.07. The molecule has 0 amide bonds. The molecule has 23 heavy (non-hydrogen) atoms. The molecule has 1 aliphatic carbocycles. The molecule has 0 nitrogen and oxygen atoms in total. The Morgan fingerprint density at radius 3 is 2.43 bits per heavy atom. The molecule has 0 spiro atoms. The Bertz CT molecular complexity index is 732. The van der Waals surface area contributed by atoms with Gasteiger partial charge in [-0.3, -0.25) is 0 Å². The highest BCUT2D eigenvalue weighted by Gasteiger charge is 2.21. The minimum absolute atomic E-state index is 0.631. The first-order valence-electron chi connectivity index (χ1n) is 9.09. The predicted octanol–water partition coefficient (Wildman–Crippen LogP) is 6.46. The molecule has 0 N–H and O–H groups in total. The van der Waals surface area contributed by atoms with Crippen molar-refractivity contribution in [1.29, 1.82) is 0 Å². The minimum atomic E-state index is 0.631. The molecule has 2 aromatic carbocycles. The number of hydrogen-bond acceptors (Lipinski definition) is 0. The summed E-state index contributed by atoms with van der Waals surface area (Å²) in [7, 11) is 0. The summed E-state index contributed by atoms with van der Waals surface area (Å²) in [6.45, 7) is 9.16. The SMILES string of the molecule is CCCc1ccc2c(c1-c1ccccc1CC)C=C(C(C)C)C2. The second kappa shape index (κ2) is 6.74. The molecule has 3 rings (SSSR count). The smallest absolute Gasteiger partial charge is 0.00550 e. The number of aryl methyl sites for hydroxylation is 2. The van der Waals surface area contributed by atoms with Crippen LogP contribution >= 0.6 is 0 Å². The van der Waals surface area contributed by atoms with Gasteiger partial charge in [0.05, 0.1) is 0 Å². The molecule has 0 fully saturated rings. The number of allylic oxidation sites excluding steroid dienone is 1. The molecule has 0 saturated heterocycles. The molecule has 0 atom stereocenters. The van der Waals surface area contributed by atoms with E-state index in [0.717, 1.165) is 19.3 Å². The molecule has 2 aromatic rings. The molecule has 0 saturated carbocycles. The van der Waals surface area contributed by atoms with E-state index in [9.17, 15) is 0 Å². The topological polar surface area (TPSA) is 0 Å². The summed E-state index contributed by atoms with van der Waals surface area (Å²) >= 11 is 0. The van der Waals surface area contributed by atoms with E-state index in [1.54, 1.807) is 5.57 Å². The quantitative estimate of drug-likeness (QED) is 0.594. The van der Waals surface area contributed by atoms with Crippen molar-refractivity contribution in [2.45, 2.75) is 53.4 Å². The van der Waals surface area contributed by atoms with Gasteiger partial charge >= 0.3 is 0 Å². The van der Waals surface area contributed by atoms with Gasteiger partial charge in [0, 0.05) is 0 Å². The zero-order chi connectivity index (χ0) is 16.4. The van der Waals surface area contributed by atoms with Gasteiger partial charge in [0.2, 0.25) is 0 Å². The lowest BCUT2D eigenvalue weighted by Gasteiger charge is -2.17. The first-order valence-corrected chi connectivity index (χ1v) is 9.09. The lowest BCUT2D eigenvalue weighted by molar-refractivity contribution is 0.754. The van der Waals surface area contributed by atoms with E-state index in [4.69, 9.17) is 0 Å². The monoisotopic (exact) mass is 304 g/mol. The van der Waals surface area contributed by atoms with E-state index in [1.807, 2.05) is 0 Å². The molecule has 1 aliphatic rings. The molecule has 0 heterocycles. The Balaban J connectivity index is 2.24. The normalized spacial score (nSPS) is 13.3. The third kappa shape index (κ3) is 3.00. The molecular formula is C23H28. The second-order valence-electron chi connectivity index (χ2n) is 6.98. The largest absolute Gasteiger partial charge is 0.0651 e. The molecule has 120 valence electrons. The van der Waals surface area contributed by atoms with Crippen LogP contribution in [0, 0.1) is 5.92 Å². The van der Waals surface area contributed by atoms with Crippen LogP contribution in [0.4, 0.5) is 0 Å². The summed E-state index contributed by atoms with van der Waals surface area (Å²) in [5.74, 6) is 0.631. The first-order chi connectivity index (χ1) is 11.2. The van der Waals surface area contributed by atoms with Crippen molar-refractivity contribution in [1.82, 2.24) is 0 Å². The second-order valence-corrected chi connectivity index (χ2v) is 6.98. The lowest BCUT2D eigenvalue weighted by Crippen LogP contribution is -1.98. The van der Waals surface area contributed by atoms with E-state index >= 15 is 0 Å². The average molecular weight is 304 g/mol.